The van der Waals surface area contributed by atoms with E-state index in [1.165, 1.54) is 33.3 Å². The number of rotatable bonds is 0. The molecule has 0 atom stereocenters. The van der Waals surface area contributed by atoms with E-state index in [0.29, 0.717) is 0 Å². The van der Waals surface area contributed by atoms with Crippen molar-refractivity contribution in [3.63, 3.8) is 0 Å². The molecule has 0 spiro atoms. The molecule has 0 amide bonds. The van der Waals surface area contributed by atoms with Gasteiger partial charge in [0.15, 0.2) is 0 Å². The lowest BCUT2D eigenvalue weighted by molar-refractivity contribution is 1.38. The van der Waals surface area contributed by atoms with Crippen LogP contribution in [0.5, 0.6) is 0 Å². The summed E-state index contributed by atoms with van der Waals surface area (Å²) < 4.78 is 0. The largest absolute Gasteiger partial charge is 0.257 e. The highest BCUT2D eigenvalue weighted by Crippen LogP contribution is 2.36. The first-order chi connectivity index (χ1) is 8.69. The maximum Gasteiger partial charge on any atom is 0.0671 e. The van der Waals surface area contributed by atoms with E-state index in [4.69, 9.17) is 0 Å². The third-order valence-electron chi connectivity index (χ3n) is 3.75. The molecular weight excluding hydrogens is 220 g/mol. The first-order valence-corrected chi connectivity index (χ1v) is 6.37. The zero-order chi connectivity index (χ0) is 12.3. The number of fused-ring (bicyclic) bond motifs is 3. The fourth-order valence-corrected chi connectivity index (χ4v) is 2.95. The topological polar surface area (TPSA) is 24.7 Å². The van der Waals surface area contributed by atoms with E-state index in [1.54, 1.807) is 0 Å². The summed E-state index contributed by atoms with van der Waals surface area (Å²) in [7, 11) is 0. The van der Waals surface area contributed by atoms with Crippen molar-refractivity contribution in [2.24, 2.45) is 9.98 Å². The molecule has 0 aliphatic carbocycles. The van der Waals surface area contributed by atoms with Crippen LogP contribution in [-0.2, 0) is 12.8 Å². The molecule has 0 aromatic heterocycles. The Labute approximate surface area is 106 Å². The minimum atomic E-state index is 0.998. The highest BCUT2D eigenvalue weighted by molar-refractivity contribution is 6.00. The molecule has 18 heavy (non-hydrogen) atoms. The summed E-state index contributed by atoms with van der Waals surface area (Å²) >= 11 is 0. The third-order valence-corrected chi connectivity index (χ3v) is 3.75. The molecule has 2 aliphatic heterocycles. The zero-order valence-corrected chi connectivity index (χ0v) is 10.6. The summed E-state index contributed by atoms with van der Waals surface area (Å²) in [5.74, 6) is 0. The first kappa shape index (κ1) is 10.0. The number of benzene rings is 2. The summed E-state index contributed by atoms with van der Waals surface area (Å²) in [4.78, 5) is 9.18. The van der Waals surface area contributed by atoms with Crippen molar-refractivity contribution in [3.05, 3.63) is 35.4 Å². The van der Waals surface area contributed by atoms with Crippen molar-refractivity contribution in [1.82, 2.24) is 0 Å². The van der Waals surface area contributed by atoms with Gasteiger partial charge in [0.1, 0.15) is 0 Å². The molecule has 0 fully saturated rings. The molecule has 0 bridgehead atoms. The maximum absolute atomic E-state index is 4.59. The summed E-state index contributed by atoms with van der Waals surface area (Å²) in [6.45, 7) is 4.19. The lowest BCUT2D eigenvalue weighted by Gasteiger charge is -2.05. The van der Waals surface area contributed by atoms with E-state index >= 15 is 0 Å². The fraction of sp³-hybridized carbons (Fsp3) is 0.250. The van der Waals surface area contributed by atoms with Crippen molar-refractivity contribution in [1.29, 1.82) is 0 Å². The molecule has 0 unspecified atom stereocenters. The van der Waals surface area contributed by atoms with E-state index in [2.05, 4.69) is 48.1 Å². The Balaban J connectivity index is 1.98. The van der Waals surface area contributed by atoms with Gasteiger partial charge in [-0.05, 0) is 60.0 Å². The van der Waals surface area contributed by atoms with Crippen LogP contribution >= 0.6 is 0 Å². The molecule has 0 N–H and O–H groups in total. The standard InChI is InChI=1S/C16H14N2/c1-9-3-13-5-11-6-14-4-10(2)18-16(14)8-12(11)7-15(13)17-9/h5-8H,3-4H2,1-2H3. The molecule has 2 heterocycles. The van der Waals surface area contributed by atoms with Crippen LogP contribution in [0.2, 0.25) is 0 Å². The van der Waals surface area contributed by atoms with E-state index in [0.717, 1.165) is 24.2 Å². The SMILES string of the molecule is CC1=Nc2cc3cc4c(cc3cc2C1)CC(C)=N4. The summed E-state index contributed by atoms with van der Waals surface area (Å²) in [6.07, 6.45) is 2.00. The molecule has 2 aromatic rings. The average molecular weight is 234 g/mol. The van der Waals surface area contributed by atoms with Crippen molar-refractivity contribution in [2.45, 2.75) is 26.7 Å². The normalized spacial score (nSPS) is 16.6. The molecule has 0 saturated heterocycles. The van der Waals surface area contributed by atoms with E-state index in [9.17, 15) is 0 Å². The fourth-order valence-electron chi connectivity index (χ4n) is 2.95. The number of aliphatic imine (C=N–C) groups is 2. The van der Waals surface area contributed by atoms with Crippen LogP contribution in [0.25, 0.3) is 10.8 Å². The third kappa shape index (κ3) is 1.35. The van der Waals surface area contributed by atoms with Crippen molar-refractivity contribution < 1.29 is 0 Å². The maximum atomic E-state index is 4.59. The minimum absolute atomic E-state index is 0.998. The number of hydrogen-bond donors (Lipinski definition) is 0. The minimum Gasteiger partial charge on any atom is -0.257 e. The Morgan fingerprint density at radius 2 is 1.17 bits per heavy atom. The van der Waals surface area contributed by atoms with Gasteiger partial charge in [-0.1, -0.05) is 0 Å². The summed E-state index contributed by atoms with van der Waals surface area (Å²) in [5, 5.41) is 2.58. The lowest BCUT2D eigenvalue weighted by Crippen LogP contribution is -1.90. The van der Waals surface area contributed by atoms with E-state index in [1.807, 2.05) is 0 Å². The molecular formula is C16H14N2. The second kappa shape index (κ2) is 3.29. The van der Waals surface area contributed by atoms with Gasteiger partial charge >= 0.3 is 0 Å². The highest BCUT2D eigenvalue weighted by atomic mass is 14.8. The Bertz CT molecular complexity index is 691. The van der Waals surface area contributed by atoms with Gasteiger partial charge in [0.25, 0.3) is 0 Å². The van der Waals surface area contributed by atoms with Crippen molar-refractivity contribution in [3.8, 4) is 0 Å². The van der Waals surface area contributed by atoms with Crippen LogP contribution in [0.1, 0.15) is 25.0 Å². The van der Waals surface area contributed by atoms with Gasteiger partial charge in [0.05, 0.1) is 11.4 Å². The molecule has 2 aliphatic rings. The van der Waals surface area contributed by atoms with Crippen LogP contribution in [0.15, 0.2) is 34.3 Å². The van der Waals surface area contributed by atoms with Crippen molar-refractivity contribution >= 4 is 33.6 Å². The summed E-state index contributed by atoms with van der Waals surface area (Å²) in [6, 6.07) is 8.98. The monoisotopic (exact) mass is 234 g/mol. The van der Waals surface area contributed by atoms with Gasteiger partial charge in [-0.3, -0.25) is 9.98 Å². The Morgan fingerprint density at radius 3 is 1.67 bits per heavy atom. The summed E-state index contributed by atoms with van der Waals surface area (Å²) in [5.41, 5.74) is 7.41. The van der Waals surface area contributed by atoms with Gasteiger partial charge in [-0.25, -0.2) is 0 Å². The Kier molecular flexibility index (Phi) is 1.83. The molecule has 88 valence electrons. The van der Waals surface area contributed by atoms with Crippen LogP contribution in [0.4, 0.5) is 11.4 Å². The molecule has 4 rings (SSSR count). The second-order valence-electron chi connectivity index (χ2n) is 5.36. The lowest BCUT2D eigenvalue weighted by atomic mass is 10.00. The van der Waals surface area contributed by atoms with E-state index in [-0.39, 0.29) is 0 Å². The van der Waals surface area contributed by atoms with Gasteiger partial charge in [0.2, 0.25) is 0 Å². The molecule has 0 radical (unpaired) electrons. The number of nitrogens with zero attached hydrogens (tertiary/aromatic N) is 2. The molecule has 2 nitrogen and oxygen atoms in total. The molecule has 0 saturated carbocycles. The Hall–Kier alpha value is -1.96. The van der Waals surface area contributed by atoms with E-state index < -0.39 is 0 Å². The van der Waals surface area contributed by atoms with Crippen molar-refractivity contribution in [2.75, 3.05) is 0 Å². The molecule has 2 heteroatoms. The zero-order valence-electron chi connectivity index (χ0n) is 10.6. The smallest absolute Gasteiger partial charge is 0.0671 e. The molecule has 2 aromatic carbocycles. The van der Waals surface area contributed by atoms with Crippen LogP contribution in [0, 0.1) is 0 Å². The highest BCUT2D eigenvalue weighted by Gasteiger charge is 2.16. The van der Waals surface area contributed by atoms with Gasteiger partial charge in [-0.2, -0.15) is 0 Å². The predicted molar refractivity (Wildman–Crippen MR) is 76.9 cm³/mol. The Morgan fingerprint density at radius 1 is 0.722 bits per heavy atom. The number of hydrogen-bond acceptors (Lipinski definition) is 2. The van der Waals surface area contributed by atoms with Gasteiger partial charge in [-0.15, -0.1) is 0 Å². The van der Waals surface area contributed by atoms with Gasteiger partial charge < -0.3 is 0 Å². The van der Waals surface area contributed by atoms with Crippen LogP contribution < -0.4 is 0 Å². The van der Waals surface area contributed by atoms with Gasteiger partial charge in [0, 0.05) is 24.3 Å². The van der Waals surface area contributed by atoms with Crippen LogP contribution in [-0.4, -0.2) is 11.4 Å². The predicted octanol–water partition coefficient (Wildman–Crippen LogP) is 4.14. The quantitative estimate of drug-likeness (QED) is 0.654. The average Bonchev–Trinajstić information content (AvgIpc) is 2.82. The second-order valence-corrected chi connectivity index (χ2v) is 5.36. The first-order valence-electron chi connectivity index (χ1n) is 6.37. The van der Waals surface area contributed by atoms with Crippen LogP contribution in [0.3, 0.4) is 0 Å².